The highest BCUT2D eigenvalue weighted by molar-refractivity contribution is 9.10. The molecule has 1 amide bonds. The molecule has 3 aromatic rings. The number of ether oxygens (including phenoxy) is 1. The van der Waals surface area contributed by atoms with Crippen LogP contribution >= 0.6 is 39.5 Å². The average molecular weight is 450 g/mol. The van der Waals surface area contributed by atoms with Gasteiger partial charge in [-0.15, -0.1) is 0 Å². The fraction of sp³-hybridized carbons (Fsp3) is 0.167. The minimum Gasteiger partial charge on any atom is -0.493 e. The maximum atomic E-state index is 12.4. The lowest BCUT2D eigenvalue weighted by atomic mass is 10.2. The van der Waals surface area contributed by atoms with Crippen LogP contribution in [0.1, 0.15) is 22.8 Å². The Morgan fingerprint density at radius 1 is 1.31 bits per heavy atom. The number of aryl methyl sites for hydroxylation is 1. The number of halogens is 1. The van der Waals surface area contributed by atoms with Crippen LogP contribution in [0.25, 0.3) is 10.2 Å². The molecule has 0 spiro atoms. The van der Waals surface area contributed by atoms with Crippen LogP contribution in [-0.2, 0) is 0 Å². The van der Waals surface area contributed by atoms with Crippen molar-refractivity contribution in [2.24, 2.45) is 0 Å². The van der Waals surface area contributed by atoms with E-state index in [-0.39, 0.29) is 11.0 Å². The first-order valence-electron chi connectivity index (χ1n) is 7.88. The van der Waals surface area contributed by atoms with Crippen molar-refractivity contribution in [2.45, 2.75) is 13.8 Å². The van der Waals surface area contributed by atoms with E-state index >= 15 is 0 Å². The third kappa shape index (κ3) is 4.38. The Labute approximate surface area is 168 Å². The highest BCUT2D eigenvalue weighted by Crippen LogP contribution is 2.27. The zero-order chi connectivity index (χ0) is 18.7. The number of aromatic nitrogens is 1. The van der Waals surface area contributed by atoms with E-state index in [2.05, 4.69) is 37.6 Å². The molecular formula is C18H16BrN3O2S2. The van der Waals surface area contributed by atoms with Crippen molar-refractivity contribution in [2.75, 3.05) is 11.9 Å². The lowest BCUT2D eigenvalue weighted by Gasteiger charge is -2.09. The minimum atomic E-state index is -0.303. The van der Waals surface area contributed by atoms with Gasteiger partial charge in [0.1, 0.15) is 5.75 Å². The van der Waals surface area contributed by atoms with E-state index in [1.165, 1.54) is 16.9 Å². The van der Waals surface area contributed by atoms with Crippen LogP contribution in [0, 0.1) is 6.92 Å². The number of benzene rings is 2. The molecule has 0 saturated carbocycles. The molecule has 0 unspecified atom stereocenters. The number of fused-ring (bicyclic) bond motifs is 1. The van der Waals surface area contributed by atoms with Crippen molar-refractivity contribution in [1.82, 2.24) is 10.3 Å². The Morgan fingerprint density at radius 3 is 2.85 bits per heavy atom. The summed E-state index contributed by atoms with van der Waals surface area (Å²) >= 11 is 10.1. The lowest BCUT2D eigenvalue weighted by Crippen LogP contribution is -2.34. The predicted molar refractivity (Wildman–Crippen MR) is 113 cm³/mol. The summed E-state index contributed by atoms with van der Waals surface area (Å²) in [5.74, 6) is 0.387. The summed E-state index contributed by atoms with van der Waals surface area (Å²) in [5.41, 5.74) is 2.54. The van der Waals surface area contributed by atoms with Crippen molar-refractivity contribution < 1.29 is 9.53 Å². The molecule has 1 aromatic heterocycles. The van der Waals surface area contributed by atoms with Gasteiger partial charge in [0, 0.05) is 5.56 Å². The Hall–Kier alpha value is -2.03. The Balaban J connectivity index is 1.66. The molecule has 0 aliphatic heterocycles. The molecule has 134 valence electrons. The number of rotatable bonds is 4. The van der Waals surface area contributed by atoms with E-state index in [9.17, 15) is 4.79 Å². The number of hydrogen-bond donors (Lipinski definition) is 2. The average Bonchev–Trinajstić information content (AvgIpc) is 2.97. The Kier molecular flexibility index (Phi) is 5.85. The van der Waals surface area contributed by atoms with Gasteiger partial charge in [-0.05, 0) is 77.9 Å². The van der Waals surface area contributed by atoms with Gasteiger partial charge in [-0.3, -0.25) is 10.1 Å². The second-order valence-electron chi connectivity index (χ2n) is 5.48. The maximum Gasteiger partial charge on any atom is 0.257 e. The zero-order valence-electron chi connectivity index (χ0n) is 14.1. The van der Waals surface area contributed by atoms with E-state index in [1.807, 2.05) is 26.0 Å². The first-order valence-corrected chi connectivity index (χ1v) is 9.90. The molecular weight excluding hydrogens is 434 g/mol. The topological polar surface area (TPSA) is 63.2 Å². The van der Waals surface area contributed by atoms with Crippen LogP contribution in [0.3, 0.4) is 0 Å². The number of hydrogen-bond acceptors (Lipinski definition) is 5. The molecule has 0 aliphatic carbocycles. The van der Waals surface area contributed by atoms with Crippen LogP contribution < -0.4 is 15.4 Å². The largest absolute Gasteiger partial charge is 0.493 e. The minimum absolute atomic E-state index is 0.204. The first kappa shape index (κ1) is 18.8. The SMILES string of the molecule is CCOc1ccc(C(=O)NC(=S)Nc2nc3ccc(C)cc3s2)cc1Br. The standard InChI is InChI=1S/C18H16BrN3O2S2/c1-3-24-14-7-5-11(9-12(14)19)16(23)21-17(25)22-18-20-13-6-4-10(2)8-15(13)26-18/h4-9H,3H2,1-2H3,(H2,20,21,22,23,25). The molecule has 5 nitrogen and oxygen atoms in total. The van der Waals surface area contributed by atoms with E-state index in [1.54, 1.807) is 18.2 Å². The molecule has 2 N–H and O–H groups in total. The summed E-state index contributed by atoms with van der Waals surface area (Å²) < 4.78 is 7.23. The summed E-state index contributed by atoms with van der Waals surface area (Å²) in [6.45, 7) is 4.49. The summed E-state index contributed by atoms with van der Waals surface area (Å²) in [5, 5.41) is 6.48. The number of amides is 1. The molecule has 0 radical (unpaired) electrons. The quantitative estimate of drug-likeness (QED) is 0.554. The van der Waals surface area contributed by atoms with E-state index in [0.29, 0.717) is 27.5 Å². The number of carbonyl (C=O) groups excluding carboxylic acids is 1. The van der Waals surface area contributed by atoms with Crippen LogP contribution in [0.4, 0.5) is 5.13 Å². The fourth-order valence-electron chi connectivity index (χ4n) is 2.30. The molecule has 0 atom stereocenters. The van der Waals surface area contributed by atoms with Gasteiger partial charge < -0.3 is 10.1 Å². The fourth-order valence-corrected chi connectivity index (χ4v) is 4.02. The van der Waals surface area contributed by atoms with Crippen molar-refractivity contribution in [1.29, 1.82) is 0 Å². The molecule has 0 bridgehead atoms. The van der Waals surface area contributed by atoms with Gasteiger partial charge in [0.05, 0.1) is 21.3 Å². The molecule has 0 fully saturated rings. The lowest BCUT2D eigenvalue weighted by molar-refractivity contribution is 0.0977. The first-order chi connectivity index (χ1) is 12.5. The van der Waals surface area contributed by atoms with Crippen LogP contribution in [0.2, 0.25) is 0 Å². The van der Waals surface area contributed by atoms with E-state index in [0.717, 1.165) is 10.2 Å². The van der Waals surface area contributed by atoms with Gasteiger partial charge in [0.2, 0.25) is 0 Å². The molecule has 8 heteroatoms. The zero-order valence-corrected chi connectivity index (χ0v) is 17.3. The number of nitrogens with zero attached hydrogens (tertiary/aromatic N) is 1. The summed E-state index contributed by atoms with van der Waals surface area (Å²) in [6, 6.07) is 11.2. The second kappa shape index (κ2) is 8.11. The van der Waals surface area contributed by atoms with Crippen molar-refractivity contribution >= 4 is 65.9 Å². The molecule has 0 aliphatic rings. The van der Waals surface area contributed by atoms with Crippen molar-refractivity contribution in [3.05, 3.63) is 52.0 Å². The van der Waals surface area contributed by atoms with Crippen LogP contribution in [0.5, 0.6) is 5.75 Å². The second-order valence-corrected chi connectivity index (χ2v) is 7.77. The van der Waals surface area contributed by atoms with E-state index < -0.39 is 0 Å². The molecule has 0 saturated heterocycles. The Bertz CT molecular complexity index is 988. The number of thiazole rings is 1. The third-order valence-corrected chi connectivity index (χ3v) is 5.24. The monoisotopic (exact) mass is 449 g/mol. The summed E-state index contributed by atoms with van der Waals surface area (Å²) in [7, 11) is 0. The number of anilines is 1. The summed E-state index contributed by atoms with van der Waals surface area (Å²) in [4.78, 5) is 16.8. The molecule has 1 heterocycles. The highest BCUT2D eigenvalue weighted by atomic mass is 79.9. The van der Waals surface area contributed by atoms with Gasteiger partial charge in [-0.25, -0.2) is 4.98 Å². The van der Waals surface area contributed by atoms with Crippen molar-refractivity contribution in [3.8, 4) is 5.75 Å². The number of thiocarbonyl (C=S) groups is 1. The number of carbonyl (C=O) groups is 1. The van der Waals surface area contributed by atoms with Gasteiger partial charge in [0.15, 0.2) is 10.2 Å². The van der Waals surface area contributed by atoms with Gasteiger partial charge in [-0.1, -0.05) is 17.4 Å². The van der Waals surface area contributed by atoms with Crippen LogP contribution in [0.15, 0.2) is 40.9 Å². The van der Waals surface area contributed by atoms with E-state index in [4.69, 9.17) is 17.0 Å². The molecule has 2 aromatic carbocycles. The van der Waals surface area contributed by atoms with Gasteiger partial charge in [-0.2, -0.15) is 0 Å². The third-order valence-electron chi connectivity index (χ3n) is 3.49. The van der Waals surface area contributed by atoms with Gasteiger partial charge in [0.25, 0.3) is 5.91 Å². The highest BCUT2D eigenvalue weighted by Gasteiger charge is 2.12. The normalized spacial score (nSPS) is 10.6. The maximum absolute atomic E-state index is 12.4. The smallest absolute Gasteiger partial charge is 0.257 e. The molecule has 26 heavy (non-hydrogen) atoms. The van der Waals surface area contributed by atoms with Gasteiger partial charge >= 0.3 is 0 Å². The molecule has 3 rings (SSSR count). The Morgan fingerprint density at radius 2 is 2.12 bits per heavy atom. The predicted octanol–water partition coefficient (Wildman–Crippen LogP) is 4.89. The van der Waals surface area contributed by atoms with Crippen molar-refractivity contribution in [3.63, 3.8) is 0 Å². The number of nitrogens with one attached hydrogen (secondary N) is 2. The van der Waals surface area contributed by atoms with Crippen LogP contribution in [-0.4, -0.2) is 22.6 Å². The summed E-state index contributed by atoms with van der Waals surface area (Å²) in [6.07, 6.45) is 0.